The van der Waals surface area contributed by atoms with E-state index in [-0.39, 0.29) is 17.5 Å². The smallest absolute Gasteiger partial charge is 0.166 e. The lowest BCUT2D eigenvalue weighted by atomic mass is 9.98. The van der Waals surface area contributed by atoms with E-state index in [0.717, 1.165) is 16.8 Å². The monoisotopic (exact) mass is 444 g/mol. The van der Waals surface area contributed by atoms with Crippen LogP contribution >= 0.6 is 11.6 Å². The first-order valence-corrected chi connectivity index (χ1v) is 10.3. The highest BCUT2D eigenvalue weighted by molar-refractivity contribution is 6.68. The van der Waals surface area contributed by atoms with Gasteiger partial charge in [-0.05, 0) is 49.8 Å². The molecule has 7 nitrogen and oxygen atoms in total. The van der Waals surface area contributed by atoms with Crippen molar-refractivity contribution in [1.82, 2.24) is 15.6 Å². The Morgan fingerprint density at radius 1 is 1.45 bits per heavy atom. The number of halogens is 2. The molecule has 9 heteroatoms. The molecule has 1 aromatic heterocycles. The Morgan fingerprint density at radius 3 is 2.90 bits per heavy atom. The van der Waals surface area contributed by atoms with E-state index in [4.69, 9.17) is 33.2 Å². The Labute approximate surface area is 185 Å². The Balaban J connectivity index is 2.26. The molecule has 1 aliphatic rings. The van der Waals surface area contributed by atoms with E-state index < -0.39 is 11.9 Å². The number of aromatic nitrogens is 1. The number of anilines is 1. The molecule has 0 radical (unpaired) electrons. The van der Waals surface area contributed by atoms with Crippen LogP contribution in [-0.2, 0) is 0 Å². The third-order valence-corrected chi connectivity index (χ3v) is 5.04. The zero-order valence-corrected chi connectivity index (χ0v) is 18.2. The minimum absolute atomic E-state index is 0.165. The summed E-state index contributed by atoms with van der Waals surface area (Å²) < 4.78 is 20.2. The molecule has 31 heavy (non-hydrogen) atoms. The molecule has 0 spiro atoms. The van der Waals surface area contributed by atoms with Gasteiger partial charge in [-0.15, -0.1) is 0 Å². The van der Waals surface area contributed by atoms with Crippen LogP contribution in [0.3, 0.4) is 0 Å². The van der Waals surface area contributed by atoms with Gasteiger partial charge in [0, 0.05) is 53.9 Å². The van der Waals surface area contributed by atoms with Crippen LogP contribution in [0.2, 0.25) is 0 Å². The van der Waals surface area contributed by atoms with Crippen molar-refractivity contribution < 1.29 is 9.13 Å². The number of benzene rings is 1. The SMILES string of the molecule is CCN/C1=C(\CN)CN/C(=C\C(=N)Cl)c2ccc(F)cc2C(C)Oc2cc1cnc2N. The van der Waals surface area contributed by atoms with Crippen molar-refractivity contribution in [3.63, 3.8) is 0 Å². The van der Waals surface area contributed by atoms with Gasteiger partial charge in [-0.25, -0.2) is 9.37 Å². The summed E-state index contributed by atoms with van der Waals surface area (Å²) in [5, 5.41) is 14.2. The Bertz CT molecular complexity index is 1050. The van der Waals surface area contributed by atoms with Crippen LogP contribution in [0, 0.1) is 11.2 Å². The van der Waals surface area contributed by atoms with E-state index in [1.165, 1.54) is 18.2 Å². The first-order chi connectivity index (χ1) is 14.8. The van der Waals surface area contributed by atoms with Gasteiger partial charge in [-0.1, -0.05) is 11.6 Å². The van der Waals surface area contributed by atoms with Gasteiger partial charge >= 0.3 is 0 Å². The number of pyridine rings is 1. The quantitative estimate of drug-likeness (QED) is 0.461. The molecule has 3 rings (SSSR count). The molecule has 2 heterocycles. The molecule has 7 N–H and O–H groups in total. The summed E-state index contributed by atoms with van der Waals surface area (Å²) >= 11 is 5.88. The maximum atomic E-state index is 14.1. The Morgan fingerprint density at radius 2 is 2.23 bits per heavy atom. The molecule has 0 fully saturated rings. The Hall–Kier alpha value is -3.10. The first kappa shape index (κ1) is 22.6. The lowest BCUT2D eigenvalue weighted by Crippen LogP contribution is -2.26. The fourth-order valence-electron chi connectivity index (χ4n) is 3.48. The molecule has 0 aliphatic carbocycles. The minimum atomic E-state index is -0.556. The molecule has 1 aliphatic heterocycles. The zero-order valence-electron chi connectivity index (χ0n) is 17.4. The van der Waals surface area contributed by atoms with Gasteiger partial charge in [0.2, 0.25) is 0 Å². The standard InChI is InChI=1S/C22H26ClFN6O/c1-3-28-21-13-6-19(22(27)30-10-13)31-12(2)17-7-15(24)4-5-16(17)18(8-20(23)26)29-11-14(21)9-25/h4-8,10,12,26,28-29H,3,9,11,25H2,1-2H3,(H2,27,30)/b18-8-,21-14+,26-20?. The number of nitrogens with one attached hydrogen (secondary N) is 3. The third kappa shape index (κ3) is 5.15. The summed E-state index contributed by atoms with van der Waals surface area (Å²) in [6.07, 6.45) is 2.58. The molecule has 2 aromatic rings. The molecule has 0 saturated heterocycles. The van der Waals surface area contributed by atoms with Gasteiger partial charge in [0.15, 0.2) is 11.6 Å². The van der Waals surface area contributed by atoms with Gasteiger partial charge in [0.05, 0.1) is 0 Å². The van der Waals surface area contributed by atoms with Crippen LogP contribution in [-0.4, -0.2) is 29.8 Å². The second-order valence-corrected chi connectivity index (χ2v) is 7.48. The summed E-state index contributed by atoms with van der Waals surface area (Å²) in [4.78, 5) is 4.28. The van der Waals surface area contributed by atoms with E-state index in [0.29, 0.717) is 35.7 Å². The summed E-state index contributed by atoms with van der Waals surface area (Å²) in [5.74, 6) is 0.210. The predicted octanol–water partition coefficient (Wildman–Crippen LogP) is 3.38. The fraction of sp³-hybridized carbons (Fsp3) is 0.273. The highest BCUT2D eigenvalue weighted by Crippen LogP contribution is 2.33. The largest absolute Gasteiger partial charge is 0.482 e. The summed E-state index contributed by atoms with van der Waals surface area (Å²) in [6, 6.07) is 6.18. The van der Waals surface area contributed by atoms with Gasteiger partial charge < -0.3 is 26.8 Å². The van der Waals surface area contributed by atoms with Crippen LogP contribution < -0.4 is 26.8 Å². The number of allylic oxidation sites excluding steroid dienone is 1. The fourth-order valence-corrected chi connectivity index (χ4v) is 3.59. The molecule has 1 atom stereocenters. The molecular weight excluding hydrogens is 419 g/mol. The van der Waals surface area contributed by atoms with Crippen molar-refractivity contribution in [2.24, 2.45) is 5.73 Å². The van der Waals surface area contributed by atoms with Gasteiger partial charge in [0.1, 0.15) is 17.1 Å². The number of nitrogens with two attached hydrogens (primary N) is 2. The average Bonchev–Trinajstić information content (AvgIpc) is 2.73. The van der Waals surface area contributed by atoms with E-state index >= 15 is 0 Å². The molecule has 0 amide bonds. The van der Waals surface area contributed by atoms with E-state index in [9.17, 15) is 4.39 Å². The summed E-state index contributed by atoms with van der Waals surface area (Å²) in [5.41, 5.74) is 16.4. The number of nitrogen functional groups attached to an aromatic ring is 1. The number of rotatable bonds is 4. The maximum Gasteiger partial charge on any atom is 0.166 e. The minimum Gasteiger partial charge on any atom is -0.482 e. The Kier molecular flexibility index (Phi) is 7.14. The molecular formula is C22H26ClFN6O. The summed E-state index contributed by atoms with van der Waals surface area (Å²) in [7, 11) is 0. The van der Waals surface area contributed by atoms with Crippen LogP contribution in [0.25, 0.3) is 11.4 Å². The van der Waals surface area contributed by atoms with E-state index in [2.05, 4.69) is 15.6 Å². The average molecular weight is 445 g/mol. The molecule has 1 aromatic carbocycles. The molecule has 0 saturated carbocycles. The van der Waals surface area contributed by atoms with E-state index in [1.54, 1.807) is 25.3 Å². The second kappa shape index (κ2) is 9.80. The van der Waals surface area contributed by atoms with Gasteiger partial charge in [0.25, 0.3) is 0 Å². The lowest BCUT2D eigenvalue weighted by Gasteiger charge is -2.24. The van der Waals surface area contributed by atoms with Crippen molar-refractivity contribution in [1.29, 1.82) is 5.41 Å². The highest BCUT2D eigenvalue weighted by Gasteiger charge is 2.21. The number of hydrogen-bond acceptors (Lipinski definition) is 7. The van der Waals surface area contributed by atoms with Crippen molar-refractivity contribution in [2.45, 2.75) is 20.0 Å². The van der Waals surface area contributed by atoms with Crippen molar-refractivity contribution in [3.8, 4) is 5.75 Å². The van der Waals surface area contributed by atoms with Gasteiger partial charge in [-0.3, -0.25) is 5.41 Å². The molecule has 164 valence electrons. The van der Waals surface area contributed by atoms with Crippen LogP contribution in [0.4, 0.5) is 10.2 Å². The molecule has 2 bridgehead atoms. The first-order valence-electron chi connectivity index (χ1n) is 9.92. The van der Waals surface area contributed by atoms with Crippen LogP contribution in [0.1, 0.15) is 36.6 Å². The highest BCUT2D eigenvalue weighted by atomic mass is 35.5. The van der Waals surface area contributed by atoms with Crippen molar-refractivity contribution in [3.05, 3.63) is 64.6 Å². The van der Waals surface area contributed by atoms with Crippen molar-refractivity contribution in [2.75, 3.05) is 25.4 Å². The topological polar surface area (TPSA) is 122 Å². The van der Waals surface area contributed by atoms with Crippen molar-refractivity contribution >= 4 is 34.0 Å². The van der Waals surface area contributed by atoms with Crippen LogP contribution in [0.15, 0.2) is 42.1 Å². The summed E-state index contributed by atoms with van der Waals surface area (Å²) in [6.45, 7) is 5.10. The zero-order chi connectivity index (χ0) is 22.5. The number of fused-ring (bicyclic) bond motifs is 3. The van der Waals surface area contributed by atoms with E-state index in [1.807, 2.05) is 6.92 Å². The van der Waals surface area contributed by atoms with Gasteiger partial charge in [-0.2, -0.15) is 0 Å². The second-order valence-electron chi connectivity index (χ2n) is 7.07. The number of ether oxygens (including phenoxy) is 1. The number of nitrogens with zero attached hydrogens (tertiary/aromatic N) is 1. The lowest BCUT2D eigenvalue weighted by molar-refractivity contribution is 0.226. The predicted molar refractivity (Wildman–Crippen MR) is 123 cm³/mol. The molecule has 1 unspecified atom stereocenters. The third-order valence-electron chi connectivity index (χ3n) is 4.93. The normalized spacial score (nSPS) is 20.0. The maximum absolute atomic E-state index is 14.1. The van der Waals surface area contributed by atoms with Crippen LogP contribution in [0.5, 0.6) is 5.75 Å². The number of hydrogen-bond donors (Lipinski definition) is 5.